The number of halogens is 1. The first-order valence-corrected chi connectivity index (χ1v) is 9.16. The molecule has 2 aliphatic heterocycles. The zero-order chi connectivity index (χ0) is 19.1. The van der Waals surface area contributed by atoms with Crippen molar-refractivity contribution in [1.29, 1.82) is 0 Å². The van der Waals surface area contributed by atoms with Gasteiger partial charge in [0.2, 0.25) is 6.79 Å². The first-order valence-electron chi connectivity index (χ1n) is 7.55. The Bertz CT molecular complexity index is 1040. The number of anilines is 1. The van der Waals surface area contributed by atoms with Gasteiger partial charge in [0.1, 0.15) is 0 Å². The average molecular weight is 421 g/mol. The van der Waals surface area contributed by atoms with Crippen molar-refractivity contribution in [3.63, 3.8) is 0 Å². The second kappa shape index (κ2) is 6.84. The van der Waals surface area contributed by atoms with E-state index in [1.165, 1.54) is 23.1 Å². The highest BCUT2D eigenvalue weighted by atomic mass is 35.5. The Balaban J connectivity index is 1.68. The fourth-order valence-electron chi connectivity index (χ4n) is 2.62. The predicted octanol–water partition coefficient (Wildman–Crippen LogP) is 4.38. The van der Waals surface area contributed by atoms with E-state index in [1.54, 1.807) is 24.3 Å². The number of thiocarbonyl (C=S) groups is 1. The van der Waals surface area contributed by atoms with Crippen LogP contribution in [0.4, 0.5) is 11.4 Å². The van der Waals surface area contributed by atoms with Gasteiger partial charge in [0.25, 0.3) is 11.6 Å². The third kappa shape index (κ3) is 3.25. The summed E-state index contributed by atoms with van der Waals surface area (Å²) in [6, 6.07) is 9.06. The summed E-state index contributed by atoms with van der Waals surface area (Å²) in [6.45, 7) is 0.115. The number of nitrogens with zero attached hydrogens (tertiary/aromatic N) is 2. The van der Waals surface area contributed by atoms with Crippen molar-refractivity contribution >= 4 is 63.3 Å². The molecule has 136 valence electrons. The fourth-order valence-corrected chi connectivity index (χ4v) is 4.12. The maximum atomic E-state index is 12.8. The normalized spacial score (nSPS) is 17.1. The summed E-state index contributed by atoms with van der Waals surface area (Å²) in [5.74, 6) is 0.709. The average Bonchev–Trinajstić information content (AvgIpc) is 3.19. The molecule has 4 rings (SSSR count). The van der Waals surface area contributed by atoms with E-state index in [0.717, 1.165) is 11.8 Å². The van der Waals surface area contributed by atoms with E-state index in [4.69, 9.17) is 33.3 Å². The minimum absolute atomic E-state index is 0.115. The molecule has 0 spiro atoms. The van der Waals surface area contributed by atoms with Crippen molar-refractivity contribution in [2.75, 3.05) is 11.7 Å². The number of benzene rings is 2. The summed E-state index contributed by atoms with van der Waals surface area (Å²) in [5.41, 5.74) is 0.802. The number of hydrogen-bond acceptors (Lipinski definition) is 7. The zero-order valence-electron chi connectivity index (χ0n) is 13.4. The molecule has 2 aromatic rings. The number of thioether (sulfide) groups is 1. The molecular weight excluding hydrogens is 412 g/mol. The number of rotatable bonds is 3. The first kappa shape index (κ1) is 17.8. The van der Waals surface area contributed by atoms with Crippen LogP contribution in [0, 0.1) is 10.1 Å². The lowest BCUT2D eigenvalue weighted by Crippen LogP contribution is -2.27. The monoisotopic (exact) mass is 420 g/mol. The second-order valence-electron chi connectivity index (χ2n) is 5.52. The van der Waals surface area contributed by atoms with E-state index in [2.05, 4.69) is 0 Å². The number of hydrogen-bond donors (Lipinski definition) is 0. The van der Waals surface area contributed by atoms with Crippen molar-refractivity contribution < 1.29 is 19.2 Å². The van der Waals surface area contributed by atoms with Crippen LogP contribution < -0.4 is 14.4 Å². The Morgan fingerprint density at radius 3 is 2.74 bits per heavy atom. The highest BCUT2D eigenvalue weighted by molar-refractivity contribution is 8.27. The minimum Gasteiger partial charge on any atom is -0.454 e. The number of amides is 1. The van der Waals surface area contributed by atoms with E-state index in [0.29, 0.717) is 32.7 Å². The van der Waals surface area contributed by atoms with Gasteiger partial charge in [0.15, 0.2) is 15.8 Å². The van der Waals surface area contributed by atoms with Gasteiger partial charge in [-0.05, 0) is 23.8 Å². The quantitative estimate of drug-likeness (QED) is 0.315. The van der Waals surface area contributed by atoms with Crippen LogP contribution in [0.15, 0.2) is 41.3 Å². The fraction of sp³-hybridized carbons (Fsp3) is 0.0588. The standard InChI is InChI=1S/C17H9ClN2O5S2/c18-12-7-14-13(24-8-25-14)4-9(12)5-15-16(21)19(17(26)27-15)10-2-1-3-11(6-10)20(22)23/h1-7H,8H2/b15-5+. The minimum atomic E-state index is -0.524. The van der Waals surface area contributed by atoms with Crippen LogP contribution in [-0.2, 0) is 4.79 Å². The van der Waals surface area contributed by atoms with Gasteiger partial charge < -0.3 is 9.47 Å². The summed E-state index contributed by atoms with van der Waals surface area (Å²) in [7, 11) is 0. The summed E-state index contributed by atoms with van der Waals surface area (Å²) < 4.78 is 10.9. The summed E-state index contributed by atoms with van der Waals surface area (Å²) >= 11 is 12.6. The lowest BCUT2D eigenvalue weighted by molar-refractivity contribution is -0.384. The van der Waals surface area contributed by atoms with Gasteiger partial charge >= 0.3 is 0 Å². The number of carbonyl (C=O) groups is 1. The van der Waals surface area contributed by atoms with Crippen molar-refractivity contribution in [2.45, 2.75) is 0 Å². The molecule has 1 amide bonds. The smallest absolute Gasteiger partial charge is 0.271 e. The lowest BCUT2D eigenvalue weighted by Gasteiger charge is -2.14. The molecule has 0 atom stereocenters. The molecule has 0 N–H and O–H groups in total. The molecule has 0 saturated carbocycles. The molecule has 1 saturated heterocycles. The SMILES string of the molecule is O=C1/C(=C\c2cc3c(cc2Cl)OCO3)SC(=S)N1c1cccc([N+](=O)[O-])c1. The van der Waals surface area contributed by atoms with Gasteiger partial charge in [-0.25, -0.2) is 0 Å². The Hall–Kier alpha value is -2.62. The second-order valence-corrected chi connectivity index (χ2v) is 7.60. The molecule has 27 heavy (non-hydrogen) atoms. The van der Waals surface area contributed by atoms with E-state index >= 15 is 0 Å². The van der Waals surface area contributed by atoms with E-state index in [1.807, 2.05) is 0 Å². The van der Waals surface area contributed by atoms with Gasteiger partial charge in [-0.2, -0.15) is 0 Å². The molecule has 2 aliphatic rings. The van der Waals surface area contributed by atoms with Crippen LogP contribution in [0.2, 0.25) is 5.02 Å². The molecule has 0 aromatic heterocycles. The topological polar surface area (TPSA) is 81.9 Å². The molecule has 7 nitrogen and oxygen atoms in total. The molecular formula is C17H9ClN2O5S2. The van der Waals surface area contributed by atoms with Gasteiger partial charge in [0.05, 0.1) is 20.5 Å². The van der Waals surface area contributed by atoms with E-state index in [9.17, 15) is 14.9 Å². The molecule has 2 heterocycles. The van der Waals surface area contributed by atoms with Crippen molar-refractivity contribution in [3.8, 4) is 11.5 Å². The Labute approximate surface area is 167 Å². The predicted molar refractivity (Wildman–Crippen MR) is 106 cm³/mol. The van der Waals surface area contributed by atoms with Crippen LogP contribution in [0.1, 0.15) is 5.56 Å². The number of non-ortho nitro benzene ring substituents is 1. The maximum absolute atomic E-state index is 12.8. The molecule has 0 unspecified atom stereocenters. The summed E-state index contributed by atoms with van der Waals surface area (Å²) in [5, 5.41) is 11.4. The van der Waals surface area contributed by atoms with Gasteiger partial charge in [-0.3, -0.25) is 19.8 Å². The Kier molecular flexibility index (Phi) is 4.50. The highest BCUT2D eigenvalue weighted by Crippen LogP contribution is 2.41. The van der Waals surface area contributed by atoms with Crippen molar-refractivity contribution in [1.82, 2.24) is 0 Å². The number of carbonyl (C=O) groups excluding carboxylic acids is 1. The Morgan fingerprint density at radius 2 is 2.00 bits per heavy atom. The summed E-state index contributed by atoms with van der Waals surface area (Å²) in [4.78, 5) is 24.9. The largest absolute Gasteiger partial charge is 0.454 e. The Morgan fingerprint density at radius 1 is 1.26 bits per heavy atom. The first-order chi connectivity index (χ1) is 12.9. The molecule has 10 heteroatoms. The molecule has 0 aliphatic carbocycles. The van der Waals surface area contributed by atoms with Gasteiger partial charge in [0, 0.05) is 18.2 Å². The van der Waals surface area contributed by atoms with Crippen molar-refractivity contribution in [3.05, 3.63) is 62.0 Å². The number of ether oxygens (including phenoxy) is 2. The lowest BCUT2D eigenvalue weighted by atomic mass is 10.1. The third-order valence-corrected chi connectivity index (χ3v) is 5.50. The number of fused-ring (bicyclic) bond motifs is 1. The molecule has 0 bridgehead atoms. The molecule has 0 radical (unpaired) electrons. The number of nitro groups is 1. The maximum Gasteiger partial charge on any atom is 0.271 e. The van der Waals surface area contributed by atoms with E-state index < -0.39 is 4.92 Å². The highest BCUT2D eigenvalue weighted by Gasteiger charge is 2.34. The van der Waals surface area contributed by atoms with Gasteiger partial charge in [-0.1, -0.05) is 41.6 Å². The van der Waals surface area contributed by atoms with Crippen LogP contribution >= 0.6 is 35.6 Å². The van der Waals surface area contributed by atoms with Crippen LogP contribution in [0.3, 0.4) is 0 Å². The van der Waals surface area contributed by atoms with Crippen molar-refractivity contribution in [2.24, 2.45) is 0 Å². The van der Waals surface area contributed by atoms with Gasteiger partial charge in [-0.15, -0.1) is 0 Å². The molecule has 1 fully saturated rings. The van der Waals surface area contributed by atoms with E-state index in [-0.39, 0.29) is 22.7 Å². The zero-order valence-corrected chi connectivity index (χ0v) is 15.8. The van der Waals surface area contributed by atoms with Crippen LogP contribution in [0.5, 0.6) is 11.5 Å². The third-order valence-electron chi connectivity index (χ3n) is 3.87. The molecule has 2 aromatic carbocycles. The number of nitro benzene ring substituents is 1. The van der Waals surface area contributed by atoms with Crippen LogP contribution in [-0.4, -0.2) is 21.9 Å². The summed E-state index contributed by atoms with van der Waals surface area (Å²) in [6.07, 6.45) is 1.61. The van der Waals surface area contributed by atoms with Crippen LogP contribution in [0.25, 0.3) is 6.08 Å².